The smallest absolute Gasteiger partial charge is 1.00 e. The van der Waals surface area contributed by atoms with E-state index >= 15 is 0 Å². The van der Waals surface area contributed by atoms with Crippen LogP contribution in [0, 0.1) is 0 Å². The van der Waals surface area contributed by atoms with Gasteiger partial charge in [0.1, 0.15) is 0 Å². The fourth-order valence-electron chi connectivity index (χ4n) is 2.79. The molecule has 0 aromatic heterocycles. The average molecular weight is 385 g/mol. The average Bonchev–Trinajstić information content (AvgIpc) is 2.96. The first-order chi connectivity index (χ1) is 8.81. The zero-order chi connectivity index (χ0) is 12.5. The van der Waals surface area contributed by atoms with Gasteiger partial charge in [0, 0.05) is 0 Å². The summed E-state index contributed by atoms with van der Waals surface area (Å²) in [6.07, 6.45) is 8.54. The molecular weight excluding hydrogens is 370 g/mol. The van der Waals surface area contributed by atoms with Crippen molar-refractivity contribution in [2.24, 2.45) is 0 Å². The molecule has 0 bridgehead atoms. The van der Waals surface area contributed by atoms with Crippen LogP contribution < -0.4 is 24.8 Å². The largest absolute Gasteiger partial charge is 1.00 e. The second-order valence-electron chi connectivity index (χ2n) is 4.75. The summed E-state index contributed by atoms with van der Waals surface area (Å²) in [5, 5.41) is 9.14. The first kappa shape index (κ1) is 17.9. The van der Waals surface area contributed by atoms with Gasteiger partial charge in [0.15, 0.2) is 0 Å². The fourth-order valence-corrected chi connectivity index (χ4v) is 4.07. The van der Waals surface area contributed by atoms with Gasteiger partial charge in [-0.3, -0.25) is 0 Å². The molecule has 1 aromatic carbocycles. The number of hydrogen-bond donors (Lipinski definition) is 1. The summed E-state index contributed by atoms with van der Waals surface area (Å²) >= 11 is 1.55. The van der Waals surface area contributed by atoms with E-state index < -0.39 is 0 Å². The number of rotatable bonds is 3. The third kappa shape index (κ3) is 3.20. The van der Waals surface area contributed by atoms with Gasteiger partial charge in [-0.2, -0.15) is 0 Å². The van der Waals surface area contributed by atoms with E-state index in [4.69, 9.17) is 5.11 Å². The number of aliphatic hydroxyl groups excluding tert-OH is 1. The summed E-state index contributed by atoms with van der Waals surface area (Å²) in [4.78, 5) is 0. The standard InChI is InChI=1S/C16H15O.2ClH.Zr/c17-9-8-12-6-3-7-16(12)15-10-13-4-1-2-5-14(13)11-15;;;/h1-6,10-11,17H,7-9H2;2*1H;/q;;;+2/p-2. The Balaban J connectivity index is 0.000001000. The molecule has 1 nitrogen and oxygen atoms in total. The van der Waals surface area contributed by atoms with Gasteiger partial charge in [0.2, 0.25) is 0 Å². The second kappa shape index (κ2) is 7.75. The predicted molar refractivity (Wildman–Crippen MR) is 69.6 cm³/mol. The van der Waals surface area contributed by atoms with Crippen molar-refractivity contribution in [2.75, 3.05) is 6.61 Å². The third-order valence-electron chi connectivity index (χ3n) is 3.69. The van der Waals surface area contributed by atoms with Gasteiger partial charge < -0.3 is 24.8 Å². The SMILES string of the molecule is OCCC1=C(C2=Cc3ccccc3[CH]2[Zr+2])CC=C1.[Cl-].[Cl-]. The topological polar surface area (TPSA) is 20.2 Å². The predicted octanol–water partition coefficient (Wildman–Crippen LogP) is -2.68. The monoisotopic (exact) mass is 383 g/mol. The quantitative estimate of drug-likeness (QED) is 0.602. The normalized spacial score (nSPS) is 19.4. The Labute approximate surface area is 147 Å². The van der Waals surface area contributed by atoms with Crippen molar-refractivity contribution < 1.29 is 54.6 Å². The minimum atomic E-state index is 0. The second-order valence-corrected chi connectivity index (χ2v) is 6.16. The molecule has 1 N–H and O–H groups in total. The van der Waals surface area contributed by atoms with E-state index in [1.54, 1.807) is 24.7 Å². The van der Waals surface area contributed by atoms with Crippen LogP contribution in [0.5, 0.6) is 0 Å². The van der Waals surface area contributed by atoms with Crippen LogP contribution in [0.2, 0.25) is 0 Å². The van der Waals surface area contributed by atoms with Crippen molar-refractivity contribution in [2.45, 2.75) is 16.5 Å². The first-order valence-corrected chi connectivity index (χ1v) is 7.74. The maximum atomic E-state index is 9.14. The van der Waals surface area contributed by atoms with Gasteiger partial charge in [-0.15, -0.1) is 0 Å². The Morgan fingerprint density at radius 3 is 2.65 bits per heavy atom. The van der Waals surface area contributed by atoms with Crippen LogP contribution in [0.3, 0.4) is 0 Å². The summed E-state index contributed by atoms with van der Waals surface area (Å²) in [7, 11) is 0. The van der Waals surface area contributed by atoms with E-state index in [-0.39, 0.29) is 31.4 Å². The molecule has 1 aromatic rings. The van der Waals surface area contributed by atoms with Crippen LogP contribution in [0.1, 0.15) is 27.6 Å². The molecule has 2 aliphatic rings. The number of aliphatic hydroxyl groups is 1. The summed E-state index contributed by atoms with van der Waals surface area (Å²) in [5.74, 6) is 0. The van der Waals surface area contributed by atoms with Crippen LogP contribution >= 0.6 is 0 Å². The molecule has 20 heavy (non-hydrogen) atoms. The summed E-state index contributed by atoms with van der Waals surface area (Å²) in [6.45, 7) is 0.241. The van der Waals surface area contributed by atoms with E-state index in [0.29, 0.717) is 3.63 Å². The summed E-state index contributed by atoms with van der Waals surface area (Å²) in [6, 6.07) is 8.68. The third-order valence-corrected chi connectivity index (χ3v) is 5.22. The summed E-state index contributed by atoms with van der Waals surface area (Å²) in [5.41, 5.74) is 7.08. The van der Waals surface area contributed by atoms with Crippen molar-refractivity contribution in [3.05, 3.63) is 64.3 Å². The molecule has 0 fully saturated rings. The fraction of sp³-hybridized carbons (Fsp3) is 0.250. The minimum Gasteiger partial charge on any atom is -1.00 e. The molecule has 1 unspecified atom stereocenters. The Bertz CT molecular complexity index is 576. The molecule has 0 spiro atoms. The minimum absolute atomic E-state index is 0. The zero-order valence-corrected chi connectivity index (χ0v) is 14.9. The van der Waals surface area contributed by atoms with Crippen molar-refractivity contribution in [3.8, 4) is 0 Å². The van der Waals surface area contributed by atoms with Gasteiger partial charge >= 0.3 is 123 Å². The maximum absolute atomic E-state index is 9.14. The molecule has 103 valence electrons. The van der Waals surface area contributed by atoms with Crippen molar-refractivity contribution in [1.29, 1.82) is 0 Å². The molecule has 0 amide bonds. The van der Waals surface area contributed by atoms with E-state index in [9.17, 15) is 0 Å². The number of halogens is 2. The molecule has 0 heterocycles. The molecule has 0 radical (unpaired) electrons. The Morgan fingerprint density at radius 1 is 1.20 bits per heavy atom. The van der Waals surface area contributed by atoms with Crippen LogP contribution in [-0.2, 0) is 24.7 Å². The maximum Gasteiger partial charge on any atom is -1.00 e. The van der Waals surface area contributed by atoms with Crippen LogP contribution in [-0.4, -0.2) is 11.7 Å². The number of hydrogen-bond acceptors (Lipinski definition) is 1. The molecule has 0 saturated heterocycles. The van der Waals surface area contributed by atoms with Crippen LogP contribution in [0.25, 0.3) is 6.08 Å². The van der Waals surface area contributed by atoms with Crippen LogP contribution in [0.15, 0.2) is 53.1 Å². The Morgan fingerprint density at radius 2 is 1.95 bits per heavy atom. The Hall–Kier alpha value is -0.137. The first-order valence-electron chi connectivity index (χ1n) is 6.32. The van der Waals surface area contributed by atoms with E-state index in [1.807, 2.05) is 0 Å². The van der Waals surface area contributed by atoms with Crippen molar-refractivity contribution in [3.63, 3.8) is 0 Å². The molecule has 3 rings (SSSR count). The molecular formula is C16H15Cl2OZr. The molecule has 4 heteroatoms. The summed E-state index contributed by atoms with van der Waals surface area (Å²) < 4.78 is 0.567. The van der Waals surface area contributed by atoms with Gasteiger partial charge in [-0.05, 0) is 0 Å². The molecule has 1 atom stereocenters. The van der Waals surface area contributed by atoms with E-state index in [0.717, 1.165) is 12.8 Å². The van der Waals surface area contributed by atoms with Crippen molar-refractivity contribution >= 4 is 6.08 Å². The van der Waals surface area contributed by atoms with Crippen molar-refractivity contribution in [1.82, 2.24) is 0 Å². The van der Waals surface area contributed by atoms with E-state index in [2.05, 4.69) is 42.5 Å². The number of benzene rings is 1. The number of fused-ring (bicyclic) bond motifs is 1. The van der Waals surface area contributed by atoms with Crippen LogP contribution in [0.4, 0.5) is 0 Å². The Kier molecular flexibility index (Phi) is 6.94. The zero-order valence-electron chi connectivity index (χ0n) is 10.9. The number of allylic oxidation sites excluding steroid dienone is 4. The van der Waals surface area contributed by atoms with Gasteiger partial charge in [-0.1, -0.05) is 0 Å². The van der Waals surface area contributed by atoms with Gasteiger partial charge in [0.25, 0.3) is 0 Å². The molecule has 0 aliphatic heterocycles. The molecule has 2 aliphatic carbocycles. The molecule has 0 saturated carbocycles. The van der Waals surface area contributed by atoms with Gasteiger partial charge in [0.05, 0.1) is 0 Å². The van der Waals surface area contributed by atoms with E-state index in [1.165, 1.54) is 27.8 Å². The van der Waals surface area contributed by atoms with Gasteiger partial charge in [-0.25, -0.2) is 0 Å².